The summed E-state index contributed by atoms with van der Waals surface area (Å²) in [5.41, 5.74) is 6.41. The summed E-state index contributed by atoms with van der Waals surface area (Å²) in [6, 6.07) is 24.1. The van der Waals surface area contributed by atoms with E-state index in [0.717, 1.165) is 50.1 Å². The summed E-state index contributed by atoms with van der Waals surface area (Å²) in [6.07, 6.45) is 0. The number of aromatic nitrogens is 1. The van der Waals surface area contributed by atoms with Gasteiger partial charge < -0.3 is 4.90 Å². The van der Waals surface area contributed by atoms with E-state index in [0.29, 0.717) is 0 Å². The van der Waals surface area contributed by atoms with E-state index in [1.807, 2.05) is 50.5 Å². The number of nitrogens with zero attached hydrogens (tertiary/aromatic N) is 2. The van der Waals surface area contributed by atoms with Gasteiger partial charge in [-0.2, -0.15) is 0 Å². The molecule has 0 radical (unpaired) electrons. The van der Waals surface area contributed by atoms with Crippen LogP contribution >= 0.6 is 0 Å². The Labute approximate surface area is 157 Å². The number of carbonyl (C=O) groups excluding carboxylic acids is 1. The number of pyridine rings is 1. The summed E-state index contributed by atoms with van der Waals surface area (Å²) < 4.78 is 0. The van der Waals surface area contributed by atoms with Crippen LogP contribution in [0.4, 0.5) is 5.69 Å². The number of rotatable bonds is 2. The third kappa shape index (κ3) is 2.36. The van der Waals surface area contributed by atoms with Crippen LogP contribution in [0.5, 0.6) is 0 Å². The molecule has 1 heterocycles. The van der Waals surface area contributed by atoms with Crippen molar-refractivity contribution < 1.29 is 4.79 Å². The molecule has 0 amide bonds. The van der Waals surface area contributed by atoms with Crippen molar-refractivity contribution >= 4 is 22.2 Å². The van der Waals surface area contributed by atoms with Gasteiger partial charge >= 0.3 is 0 Å². The Hall–Kier alpha value is -3.46. The zero-order valence-corrected chi connectivity index (χ0v) is 15.2. The summed E-state index contributed by atoms with van der Waals surface area (Å²) in [5, 5.41) is 2.00. The molecule has 3 nitrogen and oxygen atoms in total. The first-order valence-electron chi connectivity index (χ1n) is 8.99. The fourth-order valence-electron chi connectivity index (χ4n) is 3.81. The summed E-state index contributed by atoms with van der Waals surface area (Å²) in [6.45, 7) is 0. The minimum Gasteiger partial charge on any atom is -0.378 e. The Morgan fingerprint density at radius 1 is 0.778 bits per heavy atom. The summed E-state index contributed by atoms with van der Waals surface area (Å²) in [5.74, 6) is 0.0774. The molecule has 5 rings (SSSR count). The minimum absolute atomic E-state index is 0.0774. The van der Waals surface area contributed by atoms with Gasteiger partial charge in [-0.3, -0.25) is 4.79 Å². The second-order valence-electron chi connectivity index (χ2n) is 7.08. The van der Waals surface area contributed by atoms with E-state index in [4.69, 9.17) is 4.98 Å². The molecule has 1 aromatic heterocycles. The van der Waals surface area contributed by atoms with Gasteiger partial charge in [-0.15, -0.1) is 0 Å². The minimum atomic E-state index is 0.0774. The first-order chi connectivity index (χ1) is 13.1. The number of hydrogen-bond acceptors (Lipinski definition) is 3. The number of anilines is 1. The molecule has 0 bridgehead atoms. The Kier molecular flexibility index (Phi) is 3.37. The van der Waals surface area contributed by atoms with E-state index in [2.05, 4.69) is 41.3 Å². The maximum absolute atomic E-state index is 12.9. The average Bonchev–Trinajstić information content (AvgIpc) is 2.71. The molecule has 1 aliphatic rings. The molecule has 0 fully saturated rings. The van der Waals surface area contributed by atoms with E-state index < -0.39 is 0 Å². The Balaban J connectivity index is 1.79. The second kappa shape index (κ2) is 5.78. The topological polar surface area (TPSA) is 33.2 Å². The third-order valence-electron chi connectivity index (χ3n) is 5.21. The van der Waals surface area contributed by atoms with Crippen molar-refractivity contribution in [2.45, 2.75) is 0 Å². The maximum Gasteiger partial charge on any atom is 0.194 e. The number of ketones is 1. The Bertz CT molecular complexity index is 1210. The molecule has 0 atom stereocenters. The SMILES string of the molecule is CN(C)c1ccc(-c2cc3cccc4c3c(n2)-c2ccccc2C4=O)cc1. The average molecular weight is 350 g/mol. The first kappa shape index (κ1) is 15.8. The van der Waals surface area contributed by atoms with Crippen molar-refractivity contribution in [3.05, 3.63) is 83.9 Å². The lowest BCUT2D eigenvalue weighted by atomic mass is 9.85. The molecule has 3 aromatic carbocycles. The van der Waals surface area contributed by atoms with Crippen LogP contribution in [-0.4, -0.2) is 24.9 Å². The molecule has 4 aromatic rings. The molecular weight excluding hydrogens is 332 g/mol. The van der Waals surface area contributed by atoms with Crippen LogP contribution < -0.4 is 4.90 Å². The first-order valence-corrected chi connectivity index (χ1v) is 8.99. The van der Waals surface area contributed by atoms with Crippen LogP contribution in [0.3, 0.4) is 0 Å². The Morgan fingerprint density at radius 2 is 1.48 bits per heavy atom. The van der Waals surface area contributed by atoms with Gasteiger partial charge in [0.05, 0.1) is 11.4 Å². The predicted molar refractivity (Wildman–Crippen MR) is 110 cm³/mol. The summed E-state index contributed by atoms with van der Waals surface area (Å²) in [7, 11) is 4.06. The zero-order chi connectivity index (χ0) is 18.5. The zero-order valence-electron chi connectivity index (χ0n) is 15.2. The molecule has 0 spiro atoms. The van der Waals surface area contributed by atoms with Crippen LogP contribution in [0, 0.1) is 0 Å². The van der Waals surface area contributed by atoms with E-state index in [-0.39, 0.29) is 5.78 Å². The highest BCUT2D eigenvalue weighted by atomic mass is 16.1. The standard InChI is InChI=1S/C24H18N2O/c1-26(2)17-12-10-15(11-13-17)21-14-16-6-5-9-20-22(16)23(25-21)18-7-3-4-8-19(18)24(20)27/h3-14H,1-2H3. The van der Waals surface area contributed by atoms with Crippen molar-refractivity contribution in [3.8, 4) is 22.5 Å². The smallest absolute Gasteiger partial charge is 0.194 e. The Morgan fingerprint density at radius 3 is 2.22 bits per heavy atom. The largest absolute Gasteiger partial charge is 0.378 e. The second-order valence-corrected chi connectivity index (χ2v) is 7.08. The predicted octanol–water partition coefficient (Wildman–Crippen LogP) is 5.18. The maximum atomic E-state index is 12.9. The van der Waals surface area contributed by atoms with Gasteiger partial charge in [-0.25, -0.2) is 4.98 Å². The molecule has 0 aliphatic heterocycles. The lowest BCUT2D eigenvalue weighted by Crippen LogP contribution is -2.11. The molecule has 130 valence electrons. The van der Waals surface area contributed by atoms with Gasteiger partial charge in [0.2, 0.25) is 0 Å². The van der Waals surface area contributed by atoms with Gasteiger partial charge in [0.1, 0.15) is 0 Å². The lowest BCUT2D eigenvalue weighted by Gasteiger charge is -2.20. The molecular formula is C24H18N2O. The molecule has 3 heteroatoms. The third-order valence-corrected chi connectivity index (χ3v) is 5.21. The monoisotopic (exact) mass is 350 g/mol. The van der Waals surface area contributed by atoms with Gasteiger partial charge in [-0.05, 0) is 23.6 Å². The van der Waals surface area contributed by atoms with E-state index in [1.54, 1.807) is 0 Å². The normalized spacial score (nSPS) is 12.1. The van der Waals surface area contributed by atoms with Gasteiger partial charge in [0, 0.05) is 47.4 Å². The lowest BCUT2D eigenvalue weighted by molar-refractivity contribution is 0.104. The van der Waals surface area contributed by atoms with Crippen LogP contribution in [0.2, 0.25) is 0 Å². The van der Waals surface area contributed by atoms with Crippen molar-refractivity contribution in [2.75, 3.05) is 19.0 Å². The molecule has 0 saturated heterocycles. The molecule has 1 aliphatic carbocycles. The van der Waals surface area contributed by atoms with E-state index in [9.17, 15) is 4.79 Å². The fraction of sp³-hybridized carbons (Fsp3) is 0.0833. The summed E-state index contributed by atoms with van der Waals surface area (Å²) in [4.78, 5) is 20.0. The van der Waals surface area contributed by atoms with Crippen LogP contribution in [0.15, 0.2) is 72.8 Å². The highest BCUT2D eigenvalue weighted by Gasteiger charge is 2.26. The van der Waals surface area contributed by atoms with Crippen LogP contribution in [0.25, 0.3) is 33.3 Å². The molecule has 27 heavy (non-hydrogen) atoms. The van der Waals surface area contributed by atoms with E-state index in [1.165, 1.54) is 0 Å². The van der Waals surface area contributed by atoms with Gasteiger partial charge in [0.25, 0.3) is 0 Å². The highest BCUT2D eigenvalue weighted by Crippen LogP contribution is 2.39. The molecule has 0 N–H and O–H groups in total. The van der Waals surface area contributed by atoms with E-state index >= 15 is 0 Å². The highest BCUT2D eigenvalue weighted by molar-refractivity contribution is 6.25. The van der Waals surface area contributed by atoms with Crippen molar-refractivity contribution in [1.82, 2.24) is 4.98 Å². The number of benzene rings is 3. The van der Waals surface area contributed by atoms with Crippen molar-refractivity contribution in [2.24, 2.45) is 0 Å². The number of carbonyl (C=O) groups is 1. The van der Waals surface area contributed by atoms with Gasteiger partial charge in [0.15, 0.2) is 5.78 Å². The van der Waals surface area contributed by atoms with Gasteiger partial charge in [-0.1, -0.05) is 54.6 Å². The van der Waals surface area contributed by atoms with Crippen LogP contribution in [-0.2, 0) is 0 Å². The fourth-order valence-corrected chi connectivity index (χ4v) is 3.81. The number of hydrogen-bond donors (Lipinski definition) is 0. The summed E-state index contributed by atoms with van der Waals surface area (Å²) >= 11 is 0. The molecule has 0 unspecified atom stereocenters. The van der Waals surface area contributed by atoms with Crippen molar-refractivity contribution in [1.29, 1.82) is 0 Å². The number of fused-ring (bicyclic) bond motifs is 2. The quantitative estimate of drug-likeness (QED) is 0.440. The van der Waals surface area contributed by atoms with Crippen molar-refractivity contribution in [3.63, 3.8) is 0 Å². The van der Waals surface area contributed by atoms with Crippen LogP contribution in [0.1, 0.15) is 15.9 Å². The molecule has 0 saturated carbocycles.